The Hall–Kier alpha value is -1.46. The van der Waals surface area contributed by atoms with Crippen LogP contribution in [0.25, 0.3) is 5.57 Å². The second kappa shape index (κ2) is 3.97. The summed E-state index contributed by atoms with van der Waals surface area (Å²) in [6, 6.07) is 9.07. The van der Waals surface area contributed by atoms with E-state index in [0.29, 0.717) is 16.3 Å². The van der Waals surface area contributed by atoms with Crippen LogP contribution < -0.4 is 5.73 Å². The minimum atomic E-state index is 0.497. The van der Waals surface area contributed by atoms with Crippen molar-refractivity contribution in [1.29, 1.82) is 5.26 Å². The van der Waals surface area contributed by atoms with Crippen molar-refractivity contribution in [3.05, 3.63) is 40.5 Å². The van der Waals surface area contributed by atoms with Crippen molar-refractivity contribution >= 4 is 17.2 Å². The van der Waals surface area contributed by atoms with Gasteiger partial charge in [0, 0.05) is 10.7 Å². The summed E-state index contributed by atoms with van der Waals surface area (Å²) in [5, 5.41) is 9.45. The number of benzene rings is 1. The SMILES string of the molecule is C/C(N)=C(\C#N)c1ccc(Cl)cc1. The molecule has 0 unspecified atom stereocenters. The molecule has 2 nitrogen and oxygen atoms in total. The third-order valence-electron chi connectivity index (χ3n) is 1.64. The predicted octanol–water partition coefficient (Wildman–Crippen LogP) is 2.55. The molecule has 0 spiro atoms. The molecule has 0 aromatic heterocycles. The van der Waals surface area contributed by atoms with E-state index in [1.165, 1.54) is 0 Å². The number of nitriles is 1. The quantitative estimate of drug-likeness (QED) is 0.696. The van der Waals surface area contributed by atoms with Gasteiger partial charge in [-0.05, 0) is 24.6 Å². The molecule has 0 aliphatic heterocycles. The maximum atomic E-state index is 8.80. The Kier molecular flexibility index (Phi) is 2.94. The highest BCUT2D eigenvalue weighted by Gasteiger charge is 2.02. The fraction of sp³-hybridized carbons (Fsp3) is 0.100. The molecule has 0 bridgehead atoms. The van der Waals surface area contributed by atoms with Crippen molar-refractivity contribution in [2.24, 2.45) is 5.73 Å². The molecule has 0 aliphatic rings. The number of nitrogens with zero attached hydrogens (tertiary/aromatic N) is 1. The Labute approximate surface area is 82.2 Å². The van der Waals surface area contributed by atoms with Crippen molar-refractivity contribution in [1.82, 2.24) is 0 Å². The summed E-state index contributed by atoms with van der Waals surface area (Å²) in [6.07, 6.45) is 0. The van der Waals surface area contributed by atoms with Gasteiger partial charge in [0.2, 0.25) is 0 Å². The zero-order chi connectivity index (χ0) is 9.84. The molecule has 0 amide bonds. The first-order valence-electron chi connectivity index (χ1n) is 3.77. The Balaban J connectivity index is 3.17. The summed E-state index contributed by atoms with van der Waals surface area (Å²) in [6.45, 7) is 1.70. The average molecular weight is 193 g/mol. The van der Waals surface area contributed by atoms with E-state index in [4.69, 9.17) is 22.6 Å². The summed E-state index contributed by atoms with van der Waals surface area (Å²) in [7, 11) is 0. The number of hydrogen-bond donors (Lipinski definition) is 1. The lowest BCUT2D eigenvalue weighted by Crippen LogP contribution is -1.96. The molecule has 1 aromatic carbocycles. The van der Waals surface area contributed by atoms with Crippen LogP contribution in [-0.2, 0) is 0 Å². The van der Waals surface area contributed by atoms with Gasteiger partial charge in [0.25, 0.3) is 0 Å². The van der Waals surface area contributed by atoms with E-state index in [0.717, 1.165) is 5.56 Å². The van der Waals surface area contributed by atoms with E-state index >= 15 is 0 Å². The zero-order valence-electron chi connectivity index (χ0n) is 7.21. The van der Waals surface area contributed by atoms with Gasteiger partial charge in [-0.3, -0.25) is 0 Å². The van der Waals surface area contributed by atoms with Crippen LogP contribution in [0.4, 0.5) is 0 Å². The molecule has 1 rings (SSSR count). The normalized spacial score (nSPS) is 11.8. The van der Waals surface area contributed by atoms with Gasteiger partial charge >= 0.3 is 0 Å². The van der Waals surface area contributed by atoms with Gasteiger partial charge in [0.05, 0.1) is 5.57 Å². The highest BCUT2D eigenvalue weighted by atomic mass is 35.5. The Morgan fingerprint density at radius 2 is 1.92 bits per heavy atom. The molecular weight excluding hydrogens is 184 g/mol. The molecule has 2 N–H and O–H groups in total. The summed E-state index contributed by atoms with van der Waals surface area (Å²) in [5.41, 5.74) is 7.35. The highest BCUT2D eigenvalue weighted by molar-refractivity contribution is 6.30. The second-order valence-electron chi connectivity index (χ2n) is 2.68. The van der Waals surface area contributed by atoms with Crippen molar-refractivity contribution in [2.45, 2.75) is 6.92 Å². The van der Waals surface area contributed by atoms with Crippen molar-refractivity contribution in [2.75, 3.05) is 0 Å². The van der Waals surface area contributed by atoms with E-state index in [2.05, 4.69) is 0 Å². The summed E-state index contributed by atoms with van der Waals surface area (Å²) >= 11 is 5.71. The number of allylic oxidation sites excluding steroid dienone is 2. The third kappa shape index (κ3) is 2.24. The van der Waals surface area contributed by atoms with Gasteiger partial charge < -0.3 is 5.73 Å². The minimum Gasteiger partial charge on any atom is -0.401 e. The first kappa shape index (κ1) is 9.63. The number of hydrogen-bond acceptors (Lipinski definition) is 2. The molecule has 3 heteroatoms. The summed E-state index contributed by atoms with van der Waals surface area (Å²) < 4.78 is 0. The lowest BCUT2D eigenvalue weighted by Gasteiger charge is -2.00. The van der Waals surface area contributed by atoms with Crippen LogP contribution in [0.1, 0.15) is 12.5 Å². The average Bonchev–Trinajstić information content (AvgIpc) is 2.09. The topological polar surface area (TPSA) is 49.8 Å². The molecule has 0 fully saturated rings. The predicted molar refractivity (Wildman–Crippen MR) is 53.8 cm³/mol. The fourth-order valence-corrected chi connectivity index (χ4v) is 1.12. The van der Waals surface area contributed by atoms with Crippen LogP contribution >= 0.6 is 11.6 Å². The minimum absolute atomic E-state index is 0.497. The van der Waals surface area contributed by atoms with Crippen LogP contribution in [0.3, 0.4) is 0 Å². The number of nitrogens with two attached hydrogens (primary N) is 1. The van der Waals surface area contributed by atoms with Crippen LogP contribution in [0.2, 0.25) is 5.02 Å². The molecule has 0 radical (unpaired) electrons. The third-order valence-corrected chi connectivity index (χ3v) is 1.89. The van der Waals surface area contributed by atoms with Gasteiger partial charge in [-0.25, -0.2) is 0 Å². The smallest absolute Gasteiger partial charge is 0.102 e. The molecule has 1 aromatic rings. The van der Waals surface area contributed by atoms with Crippen molar-refractivity contribution < 1.29 is 0 Å². The first-order chi connectivity index (χ1) is 6.15. The molecule has 0 saturated heterocycles. The maximum absolute atomic E-state index is 8.80. The molecular formula is C10H9ClN2. The largest absolute Gasteiger partial charge is 0.401 e. The lowest BCUT2D eigenvalue weighted by atomic mass is 10.1. The van der Waals surface area contributed by atoms with Crippen LogP contribution in [-0.4, -0.2) is 0 Å². The van der Waals surface area contributed by atoms with Crippen LogP contribution in [0.5, 0.6) is 0 Å². The van der Waals surface area contributed by atoms with E-state index in [1.807, 2.05) is 6.07 Å². The number of halogens is 1. The van der Waals surface area contributed by atoms with E-state index in [1.54, 1.807) is 31.2 Å². The molecule has 13 heavy (non-hydrogen) atoms. The number of rotatable bonds is 1. The fourth-order valence-electron chi connectivity index (χ4n) is 0.997. The van der Waals surface area contributed by atoms with E-state index in [-0.39, 0.29) is 0 Å². The lowest BCUT2D eigenvalue weighted by molar-refractivity contribution is 1.32. The van der Waals surface area contributed by atoms with Gasteiger partial charge in [0.1, 0.15) is 6.07 Å². The standard InChI is InChI=1S/C10H9ClN2/c1-7(13)10(6-12)8-2-4-9(11)5-3-8/h2-5H,13H2,1H3/b10-7-. The van der Waals surface area contributed by atoms with Crippen molar-refractivity contribution in [3.8, 4) is 6.07 Å². The van der Waals surface area contributed by atoms with Gasteiger partial charge in [-0.15, -0.1) is 0 Å². The van der Waals surface area contributed by atoms with Crippen molar-refractivity contribution in [3.63, 3.8) is 0 Å². The molecule has 0 atom stereocenters. The molecule has 0 heterocycles. The summed E-state index contributed by atoms with van der Waals surface area (Å²) in [5.74, 6) is 0. The molecule has 0 saturated carbocycles. The molecule has 66 valence electrons. The highest BCUT2D eigenvalue weighted by Crippen LogP contribution is 2.18. The van der Waals surface area contributed by atoms with Gasteiger partial charge in [0.15, 0.2) is 0 Å². The Morgan fingerprint density at radius 1 is 1.38 bits per heavy atom. The Bertz CT molecular complexity index is 367. The second-order valence-corrected chi connectivity index (χ2v) is 3.11. The van der Waals surface area contributed by atoms with Gasteiger partial charge in [-0.2, -0.15) is 5.26 Å². The van der Waals surface area contributed by atoms with Crippen LogP contribution in [0, 0.1) is 11.3 Å². The Morgan fingerprint density at radius 3 is 2.31 bits per heavy atom. The van der Waals surface area contributed by atoms with E-state index in [9.17, 15) is 0 Å². The van der Waals surface area contributed by atoms with E-state index < -0.39 is 0 Å². The van der Waals surface area contributed by atoms with Crippen LogP contribution in [0.15, 0.2) is 30.0 Å². The summed E-state index contributed by atoms with van der Waals surface area (Å²) in [4.78, 5) is 0. The monoisotopic (exact) mass is 192 g/mol. The first-order valence-corrected chi connectivity index (χ1v) is 4.15. The zero-order valence-corrected chi connectivity index (χ0v) is 7.97. The maximum Gasteiger partial charge on any atom is 0.102 e. The molecule has 0 aliphatic carbocycles. The van der Waals surface area contributed by atoms with Gasteiger partial charge in [-0.1, -0.05) is 23.7 Å².